The SMILES string of the molecule is FC(F)Oc1ccc(CCNc2nnnn2-c2ccccc2)cc1. The van der Waals surface area contributed by atoms with Crippen LogP contribution in [0.25, 0.3) is 5.69 Å². The van der Waals surface area contributed by atoms with Gasteiger partial charge in [0.05, 0.1) is 5.69 Å². The van der Waals surface area contributed by atoms with Crippen molar-refractivity contribution in [3.05, 3.63) is 60.2 Å². The molecule has 0 aliphatic heterocycles. The van der Waals surface area contributed by atoms with Gasteiger partial charge in [-0.25, -0.2) is 0 Å². The highest BCUT2D eigenvalue weighted by Gasteiger charge is 2.07. The van der Waals surface area contributed by atoms with Gasteiger partial charge in [-0.3, -0.25) is 0 Å². The van der Waals surface area contributed by atoms with Gasteiger partial charge in [0.1, 0.15) is 5.75 Å². The molecule has 8 heteroatoms. The van der Waals surface area contributed by atoms with Crippen LogP contribution in [-0.4, -0.2) is 33.4 Å². The summed E-state index contributed by atoms with van der Waals surface area (Å²) in [6.45, 7) is -2.21. The Morgan fingerprint density at radius 3 is 2.50 bits per heavy atom. The predicted octanol–water partition coefficient (Wildman–Crippen LogP) is 2.92. The Morgan fingerprint density at radius 1 is 1.04 bits per heavy atom. The number of para-hydroxylation sites is 1. The number of hydrogen-bond acceptors (Lipinski definition) is 5. The van der Waals surface area contributed by atoms with Crippen LogP contribution in [-0.2, 0) is 6.42 Å². The van der Waals surface area contributed by atoms with Gasteiger partial charge in [0.2, 0.25) is 5.95 Å². The lowest BCUT2D eigenvalue weighted by Crippen LogP contribution is -2.10. The number of rotatable bonds is 7. The standard InChI is InChI=1S/C16H15F2N5O/c17-15(18)24-14-8-6-12(7-9-14)10-11-19-16-20-21-22-23(16)13-4-2-1-3-5-13/h1-9,15H,10-11H2,(H,19,20,22). The van der Waals surface area contributed by atoms with Gasteiger partial charge < -0.3 is 10.1 Å². The summed E-state index contributed by atoms with van der Waals surface area (Å²) < 4.78 is 30.1. The van der Waals surface area contributed by atoms with Crippen molar-refractivity contribution < 1.29 is 13.5 Å². The van der Waals surface area contributed by atoms with Crippen LogP contribution in [0.2, 0.25) is 0 Å². The second-order valence-corrected chi connectivity index (χ2v) is 4.95. The number of alkyl halides is 2. The fourth-order valence-electron chi connectivity index (χ4n) is 2.20. The number of halogens is 2. The van der Waals surface area contributed by atoms with Gasteiger partial charge in [0, 0.05) is 6.54 Å². The van der Waals surface area contributed by atoms with E-state index in [1.54, 1.807) is 16.8 Å². The van der Waals surface area contributed by atoms with E-state index in [9.17, 15) is 8.78 Å². The molecule has 6 nitrogen and oxygen atoms in total. The molecule has 0 amide bonds. The summed E-state index contributed by atoms with van der Waals surface area (Å²) in [7, 11) is 0. The zero-order valence-corrected chi connectivity index (χ0v) is 12.6. The van der Waals surface area contributed by atoms with E-state index in [4.69, 9.17) is 0 Å². The van der Waals surface area contributed by atoms with Crippen molar-refractivity contribution in [1.29, 1.82) is 0 Å². The fourth-order valence-corrected chi connectivity index (χ4v) is 2.20. The van der Waals surface area contributed by atoms with E-state index in [0.717, 1.165) is 11.3 Å². The van der Waals surface area contributed by atoms with Crippen molar-refractivity contribution in [3.63, 3.8) is 0 Å². The van der Waals surface area contributed by atoms with Crippen molar-refractivity contribution in [2.45, 2.75) is 13.0 Å². The third kappa shape index (κ3) is 4.03. The largest absolute Gasteiger partial charge is 0.435 e. The summed E-state index contributed by atoms with van der Waals surface area (Å²) >= 11 is 0. The Morgan fingerprint density at radius 2 is 1.79 bits per heavy atom. The molecule has 0 radical (unpaired) electrons. The minimum atomic E-state index is -2.81. The van der Waals surface area contributed by atoms with Crippen molar-refractivity contribution in [2.75, 3.05) is 11.9 Å². The lowest BCUT2D eigenvalue weighted by atomic mass is 10.1. The van der Waals surface area contributed by atoms with Crippen LogP contribution in [0, 0.1) is 0 Å². The molecule has 0 aliphatic carbocycles. The lowest BCUT2D eigenvalue weighted by Gasteiger charge is -2.08. The molecule has 0 spiro atoms. The van der Waals surface area contributed by atoms with Crippen LogP contribution in [0.3, 0.4) is 0 Å². The Kier molecular flexibility index (Phi) is 4.95. The van der Waals surface area contributed by atoms with E-state index in [1.807, 2.05) is 30.3 Å². The van der Waals surface area contributed by atoms with E-state index < -0.39 is 6.61 Å². The van der Waals surface area contributed by atoms with Gasteiger partial charge in [0.25, 0.3) is 0 Å². The molecule has 1 N–H and O–H groups in total. The molecule has 0 unspecified atom stereocenters. The Balaban J connectivity index is 1.57. The minimum absolute atomic E-state index is 0.148. The number of tetrazole rings is 1. The molecule has 3 aromatic rings. The highest BCUT2D eigenvalue weighted by Crippen LogP contribution is 2.15. The fraction of sp³-hybridized carbons (Fsp3) is 0.188. The average Bonchev–Trinajstić information content (AvgIpc) is 3.05. The molecule has 1 heterocycles. The third-order valence-corrected chi connectivity index (χ3v) is 3.32. The zero-order chi connectivity index (χ0) is 16.8. The van der Waals surface area contributed by atoms with Gasteiger partial charge >= 0.3 is 6.61 Å². The number of benzene rings is 2. The highest BCUT2D eigenvalue weighted by atomic mass is 19.3. The smallest absolute Gasteiger partial charge is 0.387 e. The molecular formula is C16H15F2N5O. The Labute approximate surface area is 137 Å². The van der Waals surface area contributed by atoms with Crippen LogP contribution in [0.5, 0.6) is 5.75 Å². The Bertz CT molecular complexity index is 762. The molecule has 0 saturated carbocycles. The van der Waals surface area contributed by atoms with E-state index in [2.05, 4.69) is 25.6 Å². The van der Waals surface area contributed by atoms with Gasteiger partial charge in [0.15, 0.2) is 0 Å². The van der Waals surface area contributed by atoms with Crippen LogP contribution in [0.1, 0.15) is 5.56 Å². The van der Waals surface area contributed by atoms with E-state index in [0.29, 0.717) is 18.9 Å². The number of hydrogen-bond donors (Lipinski definition) is 1. The number of nitrogens with zero attached hydrogens (tertiary/aromatic N) is 4. The first-order chi connectivity index (χ1) is 11.7. The van der Waals surface area contributed by atoms with Gasteiger partial charge in [-0.05, 0) is 46.7 Å². The molecule has 124 valence electrons. The van der Waals surface area contributed by atoms with E-state index >= 15 is 0 Å². The van der Waals surface area contributed by atoms with Gasteiger partial charge in [-0.15, -0.1) is 0 Å². The number of anilines is 1. The molecule has 2 aromatic carbocycles. The first kappa shape index (κ1) is 15.9. The maximum atomic E-state index is 12.1. The number of nitrogens with one attached hydrogen (secondary N) is 1. The summed E-state index contributed by atoms with van der Waals surface area (Å²) in [5.74, 6) is 0.689. The lowest BCUT2D eigenvalue weighted by molar-refractivity contribution is -0.0498. The predicted molar refractivity (Wildman–Crippen MR) is 84.4 cm³/mol. The van der Waals surface area contributed by atoms with Crippen LogP contribution in [0.4, 0.5) is 14.7 Å². The van der Waals surface area contributed by atoms with E-state index in [1.165, 1.54) is 12.1 Å². The number of ether oxygens (including phenoxy) is 1. The second kappa shape index (κ2) is 7.49. The summed E-state index contributed by atoms with van der Waals surface area (Å²) in [4.78, 5) is 0. The topological polar surface area (TPSA) is 64.9 Å². The monoisotopic (exact) mass is 331 g/mol. The van der Waals surface area contributed by atoms with Crippen molar-refractivity contribution in [2.24, 2.45) is 0 Å². The van der Waals surface area contributed by atoms with E-state index in [-0.39, 0.29) is 5.75 Å². The zero-order valence-electron chi connectivity index (χ0n) is 12.6. The van der Waals surface area contributed by atoms with Crippen LogP contribution >= 0.6 is 0 Å². The number of aromatic nitrogens is 4. The van der Waals surface area contributed by atoms with Crippen molar-refractivity contribution in [1.82, 2.24) is 20.2 Å². The van der Waals surface area contributed by atoms with Crippen molar-refractivity contribution >= 4 is 5.95 Å². The van der Waals surface area contributed by atoms with Crippen LogP contribution in [0.15, 0.2) is 54.6 Å². The molecular weight excluding hydrogens is 316 g/mol. The first-order valence-corrected chi connectivity index (χ1v) is 7.34. The minimum Gasteiger partial charge on any atom is -0.435 e. The second-order valence-electron chi connectivity index (χ2n) is 4.95. The Hall–Kier alpha value is -3.03. The molecule has 0 saturated heterocycles. The third-order valence-electron chi connectivity index (χ3n) is 3.32. The van der Waals surface area contributed by atoms with Crippen LogP contribution < -0.4 is 10.1 Å². The maximum Gasteiger partial charge on any atom is 0.387 e. The first-order valence-electron chi connectivity index (χ1n) is 7.34. The van der Waals surface area contributed by atoms with Crippen molar-refractivity contribution in [3.8, 4) is 11.4 Å². The molecule has 0 bridgehead atoms. The maximum absolute atomic E-state index is 12.1. The van der Waals surface area contributed by atoms with Gasteiger partial charge in [-0.2, -0.15) is 13.5 Å². The molecule has 0 aliphatic rings. The quantitative estimate of drug-likeness (QED) is 0.721. The average molecular weight is 331 g/mol. The molecule has 1 aromatic heterocycles. The summed E-state index contributed by atoms with van der Waals surface area (Å²) in [6, 6.07) is 16.1. The molecule has 24 heavy (non-hydrogen) atoms. The van der Waals surface area contributed by atoms with Gasteiger partial charge in [-0.1, -0.05) is 35.4 Å². The summed E-state index contributed by atoms with van der Waals surface area (Å²) in [5, 5.41) is 14.8. The molecule has 0 atom stereocenters. The highest BCUT2D eigenvalue weighted by molar-refractivity contribution is 5.38. The molecule has 0 fully saturated rings. The summed E-state index contributed by atoms with van der Waals surface area (Å²) in [5.41, 5.74) is 1.85. The summed E-state index contributed by atoms with van der Waals surface area (Å²) in [6.07, 6.45) is 0.691. The normalized spacial score (nSPS) is 10.8. The molecule has 3 rings (SSSR count).